The van der Waals surface area contributed by atoms with Crippen LogP contribution in [0.3, 0.4) is 0 Å². The van der Waals surface area contributed by atoms with Gasteiger partial charge in [0.1, 0.15) is 0 Å². The molecule has 0 bridgehead atoms. The molecule has 0 aliphatic heterocycles. The average molecular weight is 247 g/mol. The predicted molar refractivity (Wildman–Crippen MR) is 75.6 cm³/mol. The Morgan fingerprint density at radius 1 is 1.33 bits per heavy atom. The third-order valence-electron chi connectivity index (χ3n) is 4.02. The fraction of sp³-hybridized carbons (Fsp3) is 0.625. The number of hydrogen-bond acceptors (Lipinski definition) is 2. The van der Waals surface area contributed by atoms with Gasteiger partial charge in [-0.2, -0.15) is 0 Å². The Hall–Kier alpha value is -0.860. The van der Waals surface area contributed by atoms with Crippen LogP contribution in [0.15, 0.2) is 24.3 Å². The van der Waals surface area contributed by atoms with Crippen molar-refractivity contribution in [2.45, 2.75) is 58.2 Å². The molecule has 100 valence electrons. The van der Waals surface area contributed by atoms with Crippen LogP contribution < -0.4 is 0 Å². The number of aliphatic hydroxyl groups excluding tert-OH is 1. The normalized spacial score (nSPS) is 23.4. The number of fused-ring (bicyclic) bond motifs is 1. The lowest BCUT2D eigenvalue weighted by Gasteiger charge is -2.40. The third-order valence-corrected chi connectivity index (χ3v) is 4.02. The Kier molecular flexibility index (Phi) is 4.41. The summed E-state index contributed by atoms with van der Waals surface area (Å²) in [7, 11) is 0. The zero-order valence-corrected chi connectivity index (χ0v) is 11.8. The molecule has 1 aliphatic rings. The van der Waals surface area contributed by atoms with E-state index in [0.717, 1.165) is 31.4 Å². The topological polar surface area (TPSA) is 23.5 Å². The van der Waals surface area contributed by atoms with Gasteiger partial charge < -0.3 is 5.11 Å². The highest BCUT2D eigenvalue weighted by Gasteiger charge is 2.32. The zero-order chi connectivity index (χ0) is 13.1. The van der Waals surface area contributed by atoms with Gasteiger partial charge in [-0.05, 0) is 50.8 Å². The molecule has 0 saturated heterocycles. The molecular formula is C16H25NO. The summed E-state index contributed by atoms with van der Waals surface area (Å²) < 4.78 is 0. The lowest BCUT2D eigenvalue weighted by Crippen LogP contribution is -2.46. The van der Waals surface area contributed by atoms with E-state index in [9.17, 15) is 5.11 Å². The first-order valence-corrected chi connectivity index (χ1v) is 7.16. The van der Waals surface area contributed by atoms with Crippen molar-refractivity contribution in [3.63, 3.8) is 0 Å². The number of hydrogen-bond donors (Lipinski definition) is 1. The van der Waals surface area contributed by atoms with Crippen LogP contribution in [0.1, 0.15) is 50.8 Å². The molecule has 2 heteroatoms. The van der Waals surface area contributed by atoms with Crippen molar-refractivity contribution < 1.29 is 5.11 Å². The Morgan fingerprint density at radius 2 is 2.06 bits per heavy atom. The minimum absolute atomic E-state index is 0.278. The number of rotatable bonds is 4. The summed E-state index contributed by atoms with van der Waals surface area (Å²) >= 11 is 0. The van der Waals surface area contributed by atoms with E-state index in [1.807, 2.05) is 6.07 Å². The molecule has 1 aliphatic carbocycles. The number of aliphatic hydroxyl groups is 1. The first-order chi connectivity index (χ1) is 8.65. The van der Waals surface area contributed by atoms with Gasteiger partial charge in [0.25, 0.3) is 0 Å². The third kappa shape index (κ3) is 2.60. The molecule has 0 radical (unpaired) electrons. The van der Waals surface area contributed by atoms with Gasteiger partial charge in [0.2, 0.25) is 0 Å². The molecule has 1 aromatic rings. The number of nitrogens with zero attached hydrogens (tertiary/aromatic N) is 1. The van der Waals surface area contributed by atoms with Gasteiger partial charge in [-0.25, -0.2) is 0 Å². The van der Waals surface area contributed by atoms with Gasteiger partial charge in [0.05, 0.1) is 6.10 Å². The maximum atomic E-state index is 10.6. The molecule has 0 spiro atoms. The maximum absolute atomic E-state index is 10.6. The molecule has 0 amide bonds. The molecule has 0 heterocycles. The van der Waals surface area contributed by atoms with Crippen molar-refractivity contribution in [3.8, 4) is 0 Å². The van der Waals surface area contributed by atoms with Crippen LogP contribution in [-0.4, -0.2) is 28.6 Å². The lowest BCUT2D eigenvalue weighted by atomic mass is 9.84. The first kappa shape index (κ1) is 13.6. The van der Waals surface area contributed by atoms with Crippen molar-refractivity contribution >= 4 is 0 Å². The van der Waals surface area contributed by atoms with Crippen LogP contribution in [0.5, 0.6) is 0 Å². The summed E-state index contributed by atoms with van der Waals surface area (Å²) in [4.78, 5) is 2.46. The first-order valence-electron chi connectivity index (χ1n) is 7.16. The maximum Gasteiger partial charge on any atom is 0.0948 e. The van der Waals surface area contributed by atoms with Crippen LogP contribution >= 0.6 is 0 Å². The summed E-state index contributed by atoms with van der Waals surface area (Å²) in [5, 5.41) is 10.6. The van der Waals surface area contributed by atoms with Gasteiger partial charge in [-0.15, -0.1) is 0 Å². The van der Waals surface area contributed by atoms with E-state index in [1.54, 1.807) is 0 Å². The van der Waals surface area contributed by atoms with E-state index in [0.29, 0.717) is 6.04 Å². The molecule has 2 nitrogen and oxygen atoms in total. The van der Waals surface area contributed by atoms with Crippen molar-refractivity contribution in [1.82, 2.24) is 4.90 Å². The monoisotopic (exact) mass is 247 g/mol. The second kappa shape index (κ2) is 5.85. The molecule has 1 aromatic carbocycles. The molecule has 2 atom stereocenters. The van der Waals surface area contributed by atoms with Crippen LogP contribution in [0, 0.1) is 0 Å². The summed E-state index contributed by atoms with van der Waals surface area (Å²) in [5.41, 5.74) is 2.46. The quantitative estimate of drug-likeness (QED) is 0.883. The van der Waals surface area contributed by atoms with Crippen LogP contribution in [0.25, 0.3) is 0 Å². The molecule has 2 rings (SSSR count). The van der Waals surface area contributed by atoms with Crippen molar-refractivity contribution in [2.24, 2.45) is 0 Å². The molecule has 0 aromatic heterocycles. The molecule has 0 fully saturated rings. The standard InChI is InChI=1S/C16H25NO/c1-4-11-17(12(2)3)15-10-9-13-7-5-6-8-14(13)16(15)18/h5-8,12,15-16,18H,4,9-11H2,1-3H3. The Morgan fingerprint density at radius 3 is 2.72 bits per heavy atom. The number of aryl methyl sites for hydroxylation is 1. The van der Waals surface area contributed by atoms with Gasteiger partial charge in [0, 0.05) is 12.1 Å². The van der Waals surface area contributed by atoms with Gasteiger partial charge in [0.15, 0.2) is 0 Å². The van der Waals surface area contributed by atoms with E-state index >= 15 is 0 Å². The molecule has 0 saturated carbocycles. The van der Waals surface area contributed by atoms with Crippen molar-refractivity contribution in [1.29, 1.82) is 0 Å². The van der Waals surface area contributed by atoms with E-state index in [4.69, 9.17) is 0 Å². The largest absolute Gasteiger partial charge is 0.387 e. The van der Waals surface area contributed by atoms with Crippen molar-refractivity contribution in [2.75, 3.05) is 6.54 Å². The highest BCUT2D eigenvalue weighted by molar-refractivity contribution is 5.32. The second-order valence-corrected chi connectivity index (χ2v) is 5.58. The Bertz CT molecular complexity index is 388. The summed E-state index contributed by atoms with van der Waals surface area (Å²) in [6.45, 7) is 7.73. The minimum Gasteiger partial charge on any atom is -0.387 e. The van der Waals surface area contributed by atoms with Crippen LogP contribution in [0.4, 0.5) is 0 Å². The average Bonchev–Trinajstić information content (AvgIpc) is 2.37. The molecule has 2 unspecified atom stereocenters. The van der Waals surface area contributed by atoms with Gasteiger partial charge >= 0.3 is 0 Å². The van der Waals surface area contributed by atoms with Gasteiger partial charge in [-0.3, -0.25) is 4.90 Å². The zero-order valence-electron chi connectivity index (χ0n) is 11.8. The fourth-order valence-corrected chi connectivity index (χ4v) is 3.13. The second-order valence-electron chi connectivity index (χ2n) is 5.58. The molecule has 18 heavy (non-hydrogen) atoms. The number of benzene rings is 1. The van der Waals surface area contributed by atoms with Gasteiger partial charge in [-0.1, -0.05) is 31.2 Å². The summed E-state index contributed by atoms with van der Waals surface area (Å²) in [6, 6.07) is 9.10. The van der Waals surface area contributed by atoms with E-state index in [1.165, 1.54) is 5.56 Å². The van der Waals surface area contributed by atoms with Crippen LogP contribution in [0.2, 0.25) is 0 Å². The van der Waals surface area contributed by atoms with E-state index in [-0.39, 0.29) is 12.1 Å². The Balaban J connectivity index is 2.22. The minimum atomic E-state index is -0.330. The lowest BCUT2D eigenvalue weighted by molar-refractivity contribution is 0.0193. The highest BCUT2D eigenvalue weighted by atomic mass is 16.3. The predicted octanol–water partition coefficient (Wildman–Crippen LogP) is 3.16. The SMILES string of the molecule is CCCN(C(C)C)C1CCc2ccccc2C1O. The van der Waals surface area contributed by atoms with E-state index in [2.05, 4.69) is 43.9 Å². The summed E-state index contributed by atoms with van der Waals surface area (Å²) in [6.07, 6.45) is 2.97. The van der Waals surface area contributed by atoms with Crippen molar-refractivity contribution in [3.05, 3.63) is 35.4 Å². The molecule has 1 N–H and O–H groups in total. The highest BCUT2D eigenvalue weighted by Crippen LogP contribution is 2.33. The Labute approximate surface area is 111 Å². The smallest absolute Gasteiger partial charge is 0.0948 e. The van der Waals surface area contributed by atoms with E-state index < -0.39 is 0 Å². The molecular weight excluding hydrogens is 222 g/mol. The summed E-state index contributed by atoms with van der Waals surface area (Å²) in [5.74, 6) is 0. The fourth-order valence-electron chi connectivity index (χ4n) is 3.13. The van der Waals surface area contributed by atoms with Crippen LogP contribution in [-0.2, 0) is 6.42 Å².